The summed E-state index contributed by atoms with van der Waals surface area (Å²) in [6.45, 7) is 0. The van der Waals surface area contributed by atoms with Crippen molar-refractivity contribution in [3.8, 4) is 11.1 Å². The third kappa shape index (κ3) is 0.632. The summed E-state index contributed by atoms with van der Waals surface area (Å²) in [6.07, 6.45) is 0. The number of hydrogen-bond donors (Lipinski definition) is 1. The van der Waals surface area contributed by atoms with Crippen LogP contribution in [0.2, 0.25) is 0 Å². The molecule has 0 unspecified atom stereocenters. The average molecular weight is 143 g/mol. The summed E-state index contributed by atoms with van der Waals surface area (Å²) in [6, 6.07) is 13.2. The lowest BCUT2D eigenvalue weighted by atomic mass is 10.2. The first-order chi connectivity index (χ1) is 4.93. The standard InChI is InChI=1S/C10H6.H3N/c1-3-8-5-10-6-9(8)4-2-7(1)10;/h1-6H;1H3. The topological polar surface area (TPSA) is 35.0 Å². The van der Waals surface area contributed by atoms with Gasteiger partial charge in [-0.3, -0.25) is 0 Å². The smallest absolute Gasteiger partial charge is 0.0172 e. The summed E-state index contributed by atoms with van der Waals surface area (Å²) >= 11 is 0. The summed E-state index contributed by atoms with van der Waals surface area (Å²) in [7, 11) is 0. The molecule has 0 radical (unpaired) electrons. The van der Waals surface area contributed by atoms with Crippen molar-refractivity contribution in [2.45, 2.75) is 0 Å². The fraction of sp³-hybridized carbons (Fsp3) is 0. The van der Waals surface area contributed by atoms with Crippen molar-refractivity contribution < 1.29 is 0 Å². The molecular weight excluding hydrogens is 134 g/mol. The van der Waals surface area contributed by atoms with Gasteiger partial charge in [0.25, 0.3) is 0 Å². The second-order valence-corrected chi connectivity index (χ2v) is 2.78. The Morgan fingerprint density at radius 1 is 0.636 bits per heavy atom. The molecule has 0 aliphatic heterocycles. The van der Waals surface area contributed by atoms with E-state index in [-0.39, 0.29) is 6.15 Å². The fourth-order valence-electron chi connectivity index (χ4n) is 1.61. The third-order valence-electron chi connectivity index (χ3n) is 2.17. The summed E-state index contributed by atoms with van der Waals surface area (Å²) < 4.78 is 0. The molecule has 3 N–H and O–H groups in total. The van der Waals surface area contributed by atoms with Gasteiger partial charge in [0.1, 0.15) is 0 Å². The van der Waals surface area contributed by atoms with E-state index in [9.17, 15) is 0 Å². The van der Waals surface area contributed by atoms with Gasteiger partial charge >= 0.3 is 0 Å². The molecule has 0 amide bonds. The molecule has 0 aromatic heterocycles. The van der Waals surface area contributed by atoms with Gasteiger partial charge in [0.2, 0.25) is 0 Å². The molecule has 0 saturated heterocycles. The summed E-state index contributed by atoms with van der Waals surface area (Å²) in [5, 5.41) is 2.74. The first-order valence-electron chi connectivity index (χ1n) is 3.48. The monoisotopic (exact) mass is 143 g/mol. The van der Waals surface area contributed by atoms with Gasteiger partial charge < -0.3 is 6.15 Å². The van der Waals surface area contributed by atoms with Crippen LogP contribution in [-0.4, -0.2) is 0 Å². The van der Waals surface area contributed by atoms with Gasteiger partial charge in [-0.1, -0.05) is 24.3 Å². The quantitative estimate of drug-likeness (QED) is 0.515. The molecule has 0 saturated carbocycles. The zero-order valence-corrected chi connectivity index (χ0v) is 6.17. The van der Waals surface area contributed by atoms with E-state index in [2.05, 4.69) is 36.4 Å². The van der Waals surface area contributed by atoms with E-state index in [0.717, 1.165) is 0 Å². The molecule has 0 atom stereocenters. The average Bonchev–Trinajstić information content (AvgIpc) is 2.19. The van der Waals surface area contributed by atoms with E-state index in [1.165, 1.54) is 21.9 Å². The van der Waals surface area contributed by atoms with Gasteiger partial charge in [0.15, 0.2) is 0 Å². The Morgan fingerprint density at radius 2 is 1.18 bits per heavy atom. The Hall–Kier alpha value is -1.34. The van der Waals surface area contributed by atoms with Crippen molar-refractivity contribution in [1.82, 2.24) is 6.15 Å². The molecule has 11 heavy (non-hydrogen) atoms. The van der Waals surface area contributed by atoms with Crippen molar-refractivity contribution in [2.24, 2.45) is 0 Å². The maximum Gasteiger partial charge on any atom is -0.0172 e. The largest absolute Gasteiger partial charge is 0.344 e. The minimum Gasteiger partial charge on any atom is -0.344 e. The van der Waals surface area contributed by atoms with Crippen LogP contribution >= 0.6 is 0 Å². The second kappa shape index (κ2) is 1.83. The van der Waals surface area contributed by atoms with Crippen molar-refractivity contribution in [3.63, 3.8) is 0 Å². The van der Waals surface area contributed by atoms with Crippen molar-refractivity contribution >= 4 is 10.8 Å². The van der Waals surface area contributed by atoms with Crippen molar-refractivity contribution in [3.05, 3.63) is 36.4 Å². The van der Waals surface area contributed by atoms with Crippen LogP contribution in [0, 0.1) is 0 Å². The van der Waals surface area contributed by atoms with E-state index >= 15 is 0 Å². The lowest BCUT2D eigenvalue weighted by molar-refractivity contribution is 1.84. The van der Waals surface area contributed by atoms with Crippen molar-refractivity contribution in [1.29, 1.82) is 0 Å². The molecule has 3 rings (SSSR count). The highest BCUT2D eigenvalue weighted by molar-refractivity contribution is 5.95. The maximum atomic E-state index is 2.24. The number of rotatable bonds is 0. The minimum atomic E-state index is 0. The first kappa shape index (κ1) is 6.38. The summed E-state index contributed by atoms with van der Waals surface area (Å²) in [5.41, 5.74) is 2.74. The first-order valence-corrected chi connectivity index (χ1v) is 3.48. The maximum absolute atomic E-state index is 2.24. The highest BCUT2D eigenvalue weighted by atomic mass is 14.1. The molecule has 54 valence electrons. The molecule has 3 bridgehead atoms. The molecular formula is C10H9N. The third-order valence-corrected chi connectivity index (χ3v) is 2.17. The van der Waals surface area contributed by atoms with E-state index in [1.54, 1.807) is 0 Å². The number of hydrogen-bond acceptors (Lipinski definition) is 1. The van der Waals surface area contributed by atoms with Gasteiger partial charge in [-0.15, -0.1) is 0 Å². The van der Waals surface area contributed by atoms with Crippen LogP contribution < -0.4 is 6.15 Å². The predicted octanol–water partition coefficient (Wildman–Crippen LogP) is 2.98. The molecule has 1 aliphatic rings. The van der Waals surface area contributed by atoms with Gasteiger partial charge in [0.05, 0.1) is 0 Å². The number of benzene rings is 2. The van der Waals surface area contributed by atoms with Crippen molar-refractivity contribution in [2.75, 3.05) is 0 Å². The summed E-state index contributed by atoms with van der Waals surface area (Å²) in [4.78, 5) is 0. The van der Waals surface area contributed by atoms with Gasteiger partial charge in [-0.25, -0.2) is 0 Å². The Morgan fingerprint density at radius 3 is 1.73 bits per heavy atom. The Labute approximate surface area is 65.2 Å². The number of fused-ring (bicyclic) bond motifs is 3. The van der Waals surface area contributed by atoms with E-state index in [0.29, 0.717) is 0 Å². The predicted molar refractivity (Wildman–Crippen MR) is 48.0 cm³/mol. The van der Waals surface area contributed by atoms with Crippen LogP contribution in [-0.2, 0) is 0 Å². The molecule has 2 aromatic carbocycles. The normalized spacial score (nSPS) is 10.9. The van der Waals surface area contributed by atoms with Gasteiger partial charge in [-0.2, -0.15) is 0 Å². The van der Waals surface area contributed by atoms with Crippen LogP contribution in [0.1, 0.15) is 0 Å². The van der Waals surface area contributed by atoms with E-state index in [4.69, 9.17) is 0 Å². The van der Waals surface area contributed by atoms with E-state index in [1.807, 2.05) is 0 Å². The van der Waals surface area contributed by atoms with E-state index < -0.39 is 0 Å². The zero-order valence-electron chi connectivity index (χ0n) is 6.17. The molecule has 1 nitrogen and oxygen atoms in total. The van der Waals surface area contributed by atoms with Crippen LogP contribution in [0.4, 0.5) is 0 Å². The Kier molecular flexibility index (Phi) is 1.06. The fourth-order valence-corrected chi connectivity index (χ4v) is 1.61. The SMILES string of the molecule is N.c1cc2ccc3cc2cc1-3. The zero-order chi connectivity index (χ0) is 6.55. The summed E-state index contributed by atoms with van der Waals surface area (Å²) in [5.74, 6) is 0. The van der Waals surface area contributed by atoms with Crippen LogP contribution in [0.25, 0.3) is 21.9 Å². The molecule has 1 aliphatic carbocycles. The van der Waals surface area contributed by atoms with Gasteiger partial charge in [0, 0.05) is 0 Å². The lowest BCUT2D eigenvalue weighted by Gasteiger charge is -1.85. The minimum absolute atomic E-state index is 0. The van der Waals surface area contributed by atoms with Gasteiger partial charge in [-0.05, 0) is 34.0 Å². The lowest BCUT2D eigenvalue weighted by Crippen LogP contribution is -1.59. The Bertz CT molecular complexity index is 381. The molecule has 0 heterocycles. The molecule has 0 fully saturated rings. The second-order valence-electron chi connectivity index (χ2n) is 2.78. The highest BCUT2D eigenvalue weighted by Crippen LogP contribution is 2.32. The molecule has 0 spiro atoms. The van der Waals surface area contributed by atoms with Crippen LogP contribution in [0.15, 0.2) is 36.4 Å². The Balaban J connectivity index is 0.000000480. The van der Waals surface area contributed by atoms with Crippen LogP contribution in [0.3, 0.4) is 0 Å². The molecule has 2 aromatic rings. The molecule has 1 heteroatoms. The highest BCUT2D eigenvalue weighted by Gasteiger charge is 2.06. The van der Waals surface area contributed by atoms with Crippen LogP contribution in [0.5, 0.6) is 0 Å².